The van der Waals surface area contributed by atoms with Gasteiger partial charge in [-0.25, -0.2) is 22.7 Å². The quantitative estimate of drug-likeness (QED) is 0.435. The molecule has 0 saturated carbocycles. The monoisotopic (exact) mass is 600 g/mol. The molecule has 1 aliphatic carbocycles. The Kier molecular flexibility index (Phi) is 8.03. The molecule has 2 atom stereocenters. The van der Waals surface area contributed by atoms with E-state index in [0.29, 0.717) is 32.9 Å². The van der Waals surface area contributed by atoms with Gasteiger partial charge in [-0.3, -0.25) is 9.55 Å². The number of pyridine rings is 1. The maximum absolute atomic E-state index is 13.9. The van der Waals surface area contributed by atoms with Crippen LogP contribution in [-0.4, -0.2) is 40.9 Å². The summed E-state index contributed by atoms with van der Waals surface area (Å²) in [7, 11) is -2.23. The summed E-state index contributed by atoms with van der Waals surface area (Å²) in [5.74, 6) is 1.15. The molecule has 9 nitrogen and oxygen atoms in total. The van der Waals surface area contributed by atoms with Crippen molar-refractivity contribution in [3.63, 3.8) is 0 Å². The Hall–Kier alpha value is -3.21. The molecule has 3 aromatic rings. The van der Waals surface area contributed by atoms with Crippen LogP contribution in [0.5, 0.6) is 0 Å². The molecule has 1 aromatic carbocycles. The van der Waals surface area contributed by atoms with Crippen molar-refractivity contribution in [1.82, 2.24) is 19.1 Å². The Labute approximate surface area is 242 Å². The predicted molar refractivity (Wildman–Crippen MR) is 160 cm³/mol. The van der Waals surface area contributed by atoms with Crippen LogP contribution in [0.4, 0.5) is 5.95 Å². The molecule has 0 radical (unpaired) electrons. The second kappa shape index (κ2) is 11.3. The Morgan fingerprint density at radius 3 is 2.58 bits per heavy atom. The van der Waals surface area contributed by atoms with E-state index in [2.05, 4.69) is 19.6 Å². The molecule has 0 amide bonds. The van der Waals surface area contributed by atoms with E-state index in [1.165, 1.54) is 10.8 Å². The van der Waals surface area contributed by atoms with E-state index in [4.69, 9.17) is 23.2 Å². The van der Waals surface area contributed by atoms with Crippen LogP contribution < -0.4 is 16.7 Å². The molecule has 12 heteroatoms. The standard InChI is InChI=1S/C28H30Cl2N6O3S/c1-17-10-22(15-31-14-17)36-27(37)33-26(35(28(36)38)16-20-12-21(29)7-6-18(20)2)32-25-11-19(3)24(13-23(25)30)34-40(39)8-4-5-9-40/h6-7,10-15,19,24H,4-5,8-9,16H2,1-3H3,(H,32,33,37)/t19?,24-/m1/s1. The highest BCUT2D eigenvalue weighted by atomic mass is 35.5. The fourth-order valence-electron chi connectivity index (χ4n) is 4.86. The minimum absolute atomic E-state index is 0.0355. The fourth-order valence-corrected chi connectivity index (χ4v) is 7.72. The number of benzene rings is 1. The summed E-state index contributed by atoms with van der Waals surface area (Å²) in [6, 6.07) is 6.80. The normalized spacial score (nSPS) is 20.1. The second-order valence-electron chi connectivity index (χ2n) is 10.3. The Morgan fingerprint density at radius 2 is 1.85 bits per heavy atom. The third-order valence-corrected chi connectivity index (χ3v) is 10.2. The molecule has 2 aliphatic rings. The minimum atomic E-state index is -2.23. The fraction of sp³-hybridized carbons (Fsp3) is 0.357. The van der Waals surface area contributed by atoms with Gasteiger partial charge in [0.2, 0.25) is 5.95 Å². The van der Waals surface area contributed by atoms with Crippen LogP contribution >= 0.6 is 23.2 Å². The summed E-state index contributed by atoms with van der Waals surface area (Å²) in [5, 5.41) is 3.99. The van der Waals surface area contributed by atoms with E-state index in [9.17, 15) is 13.8 Å². The van der Waals surface area contributed by atoms with Crippen molar-refractivity contribution in [2.75, 3.05) is 16.8 Å². The van der Waals surface area contributed by atoms with E-state index < -0.39 is 21.1 Å². The first-order valence-electron chi connectivity index (χ1n) is 13.0. The van der Waals surface area contributed by atoms with Gasteiger partial charge < -0.3 is 5.32 Å². The molecule has 1 saturated heterocycles. The molecular weight excluding hydrogens is 571 g/mol. The van der Waals surface area contributed by atoms with Gasteiger partial charge in [0.1, 0.15) is 0 Å². The molecular formula is C28H30Cl2N6O3S. The van der Waals surface area contributed by atoms with Gasteiger partial charge in [0.25, 0.3) is 0 Å². The van der Waals surface area contributed by atoms with Crippen molar-refractivity contribution >= 4 is 38.9 Å². The smallest absolute Gasteiger partial charge is 0.324 e. The number of halogens is 2. The first-order chi connectivity index (χ1) is 19.0. The van der Waals surface area contributed by atoms with Gasteiger partial charge in [-0.05, 0) is 67.7 Å². The van der Waals surface area contributed by atoms with Crippen LogP contribution in [0.3, 0.4) is 0 Å². The lowest BCUT2D eigenvalue weighted by Crippen LogP contribution is -2.42. The zero-order valence-corrected chi connectivity index (χ0v) is 24.8. The van der Waals surface area contributed by atoms with E-state index >= 15 is 0 Å². The lowest BCUT2D eigenvalue weighted by Gasteiger charge is -2.24. The van der Waals surface area contributed by atoms with Gasteiger partial charge in [-0.1, -0.05) is 42.3 Å². The van der Waals surface area contributed by atoms with Crippen molar-refractivity contribution in [3.05, 3.63) is 102 Å². The third kappa shape index (κ3) is 5.94. The van der Waals surface area contributed by atoms with Crippen LogP contribution in [0.2, 0.25) is 5.02 Å². The molecule has 1 N–H and O–H groups in total. The van der Waals surface area contributed by atoms with Crippen molar-refractivity contribution in [3.8, 4) is 5.69 Å². The average molecular weight is 602 g/mol. The maximum atomic E-state index is 13.9. The van der Waals surface area contributed by atoms with Crippen molar-refractivity contribution in [2.24, 2.45) is 10.3 Å². The summed E-state index contributed by atoms with van der Waals surface area (Å²) in [5.41, 5.74) is 1.96. The topological polar surface area (TPSA) is 111 Å². The number of hydrogen-bond acceptors (Lipinski definition) is 7. The van der Waals surface area contributed by atoms with Gasteiger partial charge in [0.15, 0.2) is 0 Å². The molecule has 1 unspecified atom stereocenters. The first-order valence-corrected chi connectivity index (χ1v) is 15.6. The van der Waals surface area contributed by atoms with Crippen LogP contribution in [0.15, 0.2) is 73.5 Å². The van der Waals surface area contributed by atoms with E-state index in [1.807, 2.05) is 32.9 Å². The van der Waals surface area contributed by atoms with E-state index in [-0.39, 0.29) is 24.5 Å². The SMILES string of the molecule is Cc1cncc(-n2c(=O)nc(NC3=CC(C)[C@H](N=S4(=O)CCCC4)C=C3Cl)n(Cc3cc(Cl)ccc3C)c2=O)c1. The summed E-state index contributed by atoms with van der Waals surface area (Å²) in [4.78, 5) is 35.5. The molecule has 0 bridgehead atoms. The molecule has 2 aromatic heterocycles. The molecule has 1 aliphatic heterocycles. The predicted octanol–water partition coefficient (Wildman–Crippen LogP) is 4.81. The van der Waals surface area contributed by atoms with Gasteiger partial charge in [-0.2, -0.15) is 4.98 Å². The highest BCUT2D eigenvalue weighted by molar-refractivity contribution is 7.93. The van der Waals surface area contributed by atoms with Crippen LogP contribution in [0.1, 0.15) is 36.5 Å². The largest absolute Gasteiger partial charge is 0.359 e. The zero-order valence-electron chi connectivity index (χ0n) is 22.4. The lowest BCUT2D eigenvalue weighted by molar-refractivity contribution is 0.614. The average Bonchev–Trinajstić information content (AvgIpc) is 3.32. The van der Waals surface area contributed by atoms with Crippen LogP contribution in [0, 0.1) is 19.8 Å². The van der Waals surface area contributed by atoms with Gasteiger partial charge in [0.05, 0.1) is 35.2 Å². The number of nitrogens with zero attached hydrogens (tertiary/aromatic N) is 5. The summed E-state index contributed by atoms with van der Waals surface area (Å²) in [6.07, 6.45) is 8.56. The van der Waals surface area contributed by atoms with Crippen LogP contribution in [0.25, 0.3) is 5.69 Å². The number of aromatic nitrogens is 4. The van der Waals surface area contributed by atoms with Crippen LogP contribution in [-0.2, 0) is 16.3 Å². The Bertz CT molecular complexity index is 1770. The van der Waals surface area contributed by atoms with E-state index in [0.717, 1.165) is 34.1 Å². The van der Waals surface area contributed by atoms with Gasteiger partial charge in [0, 0.05) is 38.4 Å². The minimum Gasteiger partial charge on any atom is -0.324 e. The number of aryl methyl sites for hydroxylation is 2. The molecule has 0 spiro atoms. The number of anilines is 1. The van der Waals surface area contributed by atoms with Crippen molar-refractivity contribution < 1.29 is 4.21 Å². The Balaban J connectivity index is 1.58. The number of allylic oxidation sites excluding steroid dienone is 1. The zero-order chi connectivity index (χ0) is 28.6. The van der Waals surface area contributed by atoms with Gasteiger partial charge in [-0.15, -0.1) is 0 Å². The third-order valence-electron chi connectivity index (χ3n) is 7.11. The molecule has 3 heterocycles. The summed E-state index contributed by atoms with van der Waals surface area (Å²) < 4.78 is 20.1. The molecule has 40 heavy (non-hydrogen) atoms. The van der Waals surface area contributed by atoms with Crippen molar-refractivity contribution in [1.29, 1.82) is 0 Å². The molecule has 1 fully saturated rings. The van der Waals surface area contributed by atoms with Gasteiger partial charge >= 0.3 is 11.4 Å². The second-order valence-corrected chi connectivity index (χ2v) is 13.7. The summed E-state index contributed by atoms with van der Waals surface area (Å²) >= 11 is 12.9. The van der Waals surface area contributed by atoms with E-state index in [1.54, 1.807) is 30.5 Å². The molecule has 210 valence electrons. The number of hydrogen-bond donors (Lipinski definition) is 1. The maximum Gasteiger partial charge on any atom is 0.359 e. The first kappa shape index (κ1) is 28.3. The summed E-state index contributed by atoms with van der Waals surface area (Å²) in [6.45, 7) is 5.81. The highest BCUT2D eigenvalue weighted by Crippen LogP contribution is 2.30. The highest BCUT2D eigenvalue weighted by Gasteiger charge is 2.26. The number of rotatable bonds is 6. The van der Waals surface area contributed by atoms with Crippen molar-refractivity contribution in [2.45, 2.75) is 46.2 Å². The lowest BCUT2D eigenvalue weighted by atomic mass is 9.96. The Morgan fingerprint density at radius 1 is 1.10 bits per heavy atom. The number of nitrogens with one attached hydrogen (secondary N) is 1. The molecule has 5 rings (SSSR count).